The number of nitrogens with zero attached hydrogens (tertiary/aromatic N) is 4. The number of piperidine rings is 1. The fourth-order valence-corrected chi connectivity index (χ4v) is 5.91. The van der Waals surface area contributed by atoms with Gasteiger partial charge in [0.15, 0.2) is 17.3 Å². The van der Waals surface area contributed by atoms with Crippen molar-refractivity contribution in [3.63, 3.8) is 0 Å². The first-order valence-corrected chi connectivity index (χ1v) is 14.6. The monoisotopic (exact) mass is 587 g/mol. The lowest BCUT2D eigenvalue weighted by Crippen LogP contribution is -2.44. The zero-order valence-electron chi connectivity index (χ0n) is 22.2. The highest BCUT2D eigenvalue weighted by molar-refractivity contribution is 7.91. The number of hydrogen-bond acceptors (Lipinski definition) is 8. The summed E-state index contributed by atoms with van der Waals surface area (Å²) in [5, 5.41) is 6.04. The minimum absolute atomic E-state index is 0.149. The third-order valence-corrected chi connectivity index (χ3v) is 7.82. The number of anilines is 2. The molecule has 0 saturated carbocycles. The lowest BCUT2D eigenvalue weighted by Gasteiger charge is -2.26. The van der Waals surface area contributed by atoms with Gasteiger partial charge >= 0.3 is 0 Å². The Hall–Kier alpha value is -4.04. The van der Waals surface area contributed by atoms with Crippen LogP contribution in [-0.4, -0.2) is 53.2 Å². The van der Waals surface area contributed by atoms with Crippen LogP contribution in [0, 0.1) is 11.6 Å². The predicted octanol–water partition coefficient (Wildman–Crippen LogP) is 3.77. The summed E-state index contributed by atoms with van der Waals surface area (Å²) in [6, 6.07) is 9.68. The van der Waals surface area contributed by atoms with Gasteiger partial charge in [0.1, 0.15) is 17.4 Å². The van der Waals surface area contributed by atoms with E-state index in [-0.39, 0.29) is 41.8 Å². The summed E-state index contributed by atoms with van der Waals surface area (Å²) in [4.78, 5) is 26.4. The van der Waals surface area contributed by atoms with Crippen LogP contribution in [0.4, 0.5) is 24.8 Å². The first-order chi connectivity index (χ1) is 19.5. The summed E-state index contributed by atoms with van der Waals surface area (Å²) in [6.07, 6.45) is 0.600. The second-order valence-electron chi connectivity index (χ2n) is 10.1. The molecule has 0 radical (unpaired) electrons. The van der Waals surface area contributed by atoms with Crippen molar-refractivity contribution in [1.29, 1.82) is 0 Å². The molecular weight excluding hydrogens is 559 g/mol. The molecule has 3 N–H and O–H groups in total. The molecular formula is C27H28F3N7O3S. The summed E-state index contributed by atoms with van der Waals surface area (Å²) in [5.74, 6) is -3.18. The Bertz CT molecular complexity index is 1750. The number of rotatable bonds is 8. The summed E-state index contributed by atoms with van der Waals surface area (Å²) >= 11 is 0. The topological polar surface area (TPSA) is 131 Å². The molecule has 2 aromatic carbocycles. The molecule has 0 amide bonds. The average Bonchev–Trinajstić information content (AvgIpc) is 2.91. The van der Waals surface area contributed by atoms with E-state index in [1.165, 1.54) is 10.8 Å². The number of halogens is 3. The molecule has 1 aliphatic rings. The molecule has 2 aromatic heterocycles. The van der Waals surface area contributed by atoms with Crippen LogP contribution in [0.3, 0.4) is 0 Å². The van der Waals surface area contributed by atoms with Crippen molar-refractivity contribution in [2.75, 3.05) is 23.1 Å². The van der Waals surface area contributed by atoms with Gasteiger partial charge in [0, 0.05) is 37.2 Å². The minimum atomic E-state index is -4.06. The van der Waals surface area contributed by atoms with Crippen molar-refractivity contribution in [3.05, 3.63) is 76.2 Å². The molecule has 10 nitrogen and oxygen atoms in total. The Kier molecular flexibility index (Phi) is 7.95. The van der Waals surface area contributed by atoms with Crippen molar-refractivity contribution in [2.45, 2.75) is 44.3 Å². The normalized spacial score (nSPS) is 17.6. The van der Waals surface area contributed by atoms with Gasteiger partial charge in [-0.05, 0) is 31.5 Å². The van der Waals surface area contributed by atoms with Crippen molar-refractivity contribution < 1.29 is 21.6 Å². The lowest BCUT2D eigenvalue weighted by molar-refractivity contribution is 0.254. The zero-order chi connectivity index (χ0) is 29.3. The summed E-state index contributed by atoms with van der Waals surface area (Å²) < 4.78 is 72.7. The number of alkyl halides is 1. The number of hydrogen-bond donors (Lipinski definition) is 3. The van der Waals surface area contributed by atoms with E-state index in [1.807, 2.05) is 0 Å². The van der Waals surface area contributed by atoms with Crippen molar-refractivity contribution in [3.8, 4) is 11.3 Å². The molecule has 2 atom stereocenters. The minimum Gasteiger partial charge on any atom is -0.350 e. The highest BCUT2D eigenvalue weighted by Crippen LogP contribution is 2.28. The van der Waals surface area contributed by atoms with Crippen molar-refractivity contribution >= 4 is 32.8 Å². The smallest absolute Gasteiger partial charge is 0.279 e. The molecule has 1 saturated heterocycles. The quantitative estimate of drug-likeness (QED) is 0.284. The molecule has 0 bridgehead atoms. The van der Waals surface area contributed by atoms with Gasteiger partial charge in [-0.25, -0.2) is 31.6 Å². The van der Waals surface area contributed by atoms with E-state index >= 15 is 8.78 Å². The number of fused-ring (bicyclic) bond motifs is 1. The van der Waals surface area contributed by atoms with Crippen LogP contribution in [-0.2, 0) is 15.8 Å². The van der Waals surface area contributed by atoms with Crippen LogP contribution in [0.5, 0.6) is 0 Å². The number of aromatic nitrogens is 4. The molecule has 14 heteroatoms. The van der Waals surface area contributed by atoms with Crippen LogP contribution in [0.25, 0.3) is 22.4 Å². The van der Waals surface area contributed by atoms with Crippen LogP contribution in [0.2, 0.25) is 0 Å². The largest absolute Gasteiger partial charge is 0.350 e. The Morgan fingerprint density at radius 2 is 1.83 bits per heavy atom. The summed E-state index contributed by atoms with van der Waals surface area (Å²) in [5.41, 5.74) is -1.37. The van der Waals surface area contributed by atoms with Crippen LogP contribution < -0.4 is 20.9 Å². The van der Waals surface area contributed by atoms with Crippen LogP contribution >= 0.6 is 0 Å². The SMILES string of the molecule is CC(C)n1c(=O)c(-c2ccc(NS(=O)(=O)Cc3ccccc3)c(F)c2F)nc2cnc(N[C@@H]3CNC[C@@H](F)C3)nc21. The second kappa shape index (κ2) is 11.4. The van der Waals surface area contributed by atoms with E-state index in [1.54, 1.807) is 44.2 Å². The molecule has 0 aliphatic carbocycles. The highest BCUT2D eigenvalue weighted by atomic mass is 32.2. The molecule has 216 valence electrons. The molecule has 41 heavy (non-hydrogen) atoms. The summed E-state index contributed by atoms with van der Waals surface area (Å²) in [6.45, 7) is 4.23. The molecule has 1 aliphatic heterocycles. The van der Waals surface area contributed by atoms with Gasteiger partial charge in [-0.2, -0.15) is 4.98 Å². The Labute approximate surface area is 234 Å². The van der Waals surface area contributed by atoms with Gasteiger partial charge in [0.05, 0.1) is 17.6 Å². The van der Waals surface area contributed by atoms with Gasteiger partial charge < -0.3 is 10.6 Å². The standard InChI is InChI=1S/C27H28F3N7O3S/c1-15(2)37-25-21(13-32-27(35-25)33-18-10-17(28)11-31-12-18)34-24(26(37)38)19-8-9-20(23(30)22(19)29)36-41(39,40)14-16-6-4-3-5-7-16/h3-9,13,15,17-18,31,36H,10-12,14H2,1-2H3,(H,32,33,35)/t17-,18-/m0/s1. The van der Waals surface area contributed by atoms with E-state index in [4.69, 9.17) is 0 Å². The zero-order valence-corrected chi connectivity index (χ0v) is 23.1. The lowest BCUT2D eigenvalue weighted by atomic mass is 10.1. The maximum atomic E-state index is 15.3. The summed E-state index contributed by atoms with van der Waals surface area (Å²) in [7, 11) is -4.06. The molecule has 3 heterocycles. The van der Waals surface area contributed by atoms with Gasteiger partial charge in [-0.1, -0.05) is 30.3 Å². The van der Waals surface area contributed by atoms with Gasteiger partial charge in [0.25, 0.3) is 5.56 Å². The first-order valence-electron chi connectivity index (χ1n) is 13.0. The van der Waals surface area contributed by atoms with E-state index in [0.29, 0.717) is 12.1 Å². The molecule has 5 rings (SSSR count). The third-order valence-electron chi connectivity index (χ3n) is 6.58. The average molecular weight is 588 g/mol. The molecule has 1 fully saturated rings. The maximum absolute atomic E-state index is 15.3. The molecule has 4 aromatic rings. The second-order valence-corrected chi connectivity index (χ2v) is 11.8. The Balaban J connectivity index is 1.49. The van der Waals surface area contributed by atoms with E-state index in [9.17, 15) is 17.6 Å². The van der Waals surface area contributed by atoms with E-state index in [0.717, 1.165) is 12.1 Å². The van der Waals surface area contributed by atoms with E-state index < -0.39 is 56.4 Å². The number of benzene rings is 2. The first kappa shape index (κ1) is 28.5. The fourth-order valence-electron chi connectivity index (χ4n) is 4.72. The molecule has 0 spiro atoms. The van der Waals surface area contributed by atoms with Gasteiger partial charge in [-0.15, -0.1) is 0 Å². The number of nitrogens with one attached hydrogen (secondary N) is 3. The maximum Gasteiger partial charge on any atom is 0.279 e. The molecule has 0 unspecified atom stereocenters. The third kappa shape index (κ3) is 6.17. The Morgan fingerprint density at radius 1 is 1.07 bits per heavy atom. The van der Waals surface area contributed by atoms with Crippen molar-refractivity contribution in [2.24, 2.45) is 0 Å². The van der Waals surface area contributed by atoms with E-state index in [2.05, 4.69) is 30.3 Å². The van der Waals surface area contributed by atoms with Crippen LogP contribution in [0.15, 0.2) is 53.5 Å². The van der Waals surface area contributed by atoms with Gasteiger partial charge in [-0.3, -0.25) is 14.1 Å². The highest BCUT2D eigenvalue weighted by Gasteiger charge is 2.25. The van der Waals surface area contributed by atoms with Crippen LogP contribution in [0.1, 0.15) is 31.9 Å². The number of sulfonamides is 1. The Morgan fingerprint density at radius 3 is 2.54 bits per heavy atom. The van der Waals surface area contributed by atoms with Gasteiger partial charge in [0.2, 0.25) is 16.0 Å². The van der Waals surface area contributed by atoms with Crippen molar-refractivity contribution in [1.82, 2.24) is 24.8 Å². The predicted molar refractivity (Wildman–Crippen MR) is 150 cm³/mol. The fraction of sp³-hybridized carbons (Fsp3) is 0.333.